The largest absolute Gasteiger partial charge is 0.397 e. The Morgan fingerprint density at radius 3 is 2.19 bits per heavy atom. The van der Waals surface area contributed by atoms with E-state index in [4.69, 9.17) is 5.73 Å². The summed E-state index contributed by atoms with van der Waals surface area (Å²) >= 11 is 0. The molecule has 0 fully saturated rings. The molecule has 0 aromatic heterocycles. The molecular formula is C15H16N2O3S. The Labute approximate surface area is 123 Å². The molecule has 2 rings (SSSR count). The maximum Gasteiger partial charge on any atom is 0.221 e. The summed E-state index contributed by atoms with van der Waals surface area (Å²) in [6.07, 6.45) is 0. The average molecular weight is 304 g/mol. The summed E-state index contributed by atoms with van der Waals surface area (Å²) in [6, 6.07) is 10.8. The molecule has 0 saturated carbocycles. The van der Waals surface area contributed by atoms with Crippen molar-refractivity contribution in [2.75, 3.05) is 11.1 Å². The molecule has 2 aromatic rings. The normalized spacial score (nSPS) is 11.1. The van der Waals surface area contributed by atoms with E-state index >= 15 is 0 Å². The zero-order chi connectivity index (χ0) is 15.6. The van der Waals surface area contributed by atoms with E-state index in [1.165, 1.54) is 25.1 Å². The smallest absolute Gasteiger partial charge is 0.221 e. The van der Waals surface area contributed by atoms with Gasteiger partial charge in [-0.1, -0.05) is 17.7 Å². The molecule has 21 heavy (non-hydrogen) atoms. The van der Waals surface area contributed by atoms with E-state index in [9.17, 15) is 13.2 Å². The number of nitrogen functional groups attached to an aromatic ring is 1. The Kier molecular flexibility index (Phi) is 3.99. The number of aryl methyl sites for hydroxylation is 1. The van der Waals surface area contributed by atoms with Gasteiger partial charge in [-0.2, -0.15) is 0 Å². The van der Waals surface area contributed by atoms with Crippen LogP contribution in [0.2, 0.25) is 0 Å². The summed E-state index contributed by atoms with van der Waals surface area (Å²) in [4.78, 5) is 11.4. The van der Waals surface area contributed by atoms with Crippen LogP contribution in [0, 0.1) is 6.92 Å². The molecule has 3 N–H and O–H groups in total. The van der Waals surface area contributed by atoms with Gasteiger partial charge in [0.05, 0.1) is 21.2 Å². The third-order valence-corrected chi connectivity index (χ3v) is 4.74. The average Bonchev–Trinajstić information content (AvgIpc) is 2.41. The minimum atomic E-state index is -3.64. The van der Waals surface area contributed by atoms with Gasteiger partial charge in [-0.25, -0.2) is 8.42 Å². The Bertz CT molecular complexity index is 781. The van der Waals surface area contributed by atoms with Gasteiger partial charge in [-0.05, 0) is 37.3 Å². The molecule has 110 valence electrons. The van der Waals surface area contributed by atoms with Crippen LogP contribution in [0.4, 0.5) is 11.4 Å². The lowest BCUT2D eigenvalue weighted by Crippen LogP contribution is -2.10. The number of carbonyl (C=O) groups excluding carboxylic acids is 1. The highest BCUT2D eigenvalue weighted by Gasteiger charge is 2.18. The maximum atomic E-state index is 12.5. The number of benzene rings is 2. The molecule has 0 heterocycles. The van der Waals surface area contributed by atoms with Crippen LogP contribution in [0.1, 0.15) is 12.5 Å². The third kappa shape index (κ3) is 3.22. The highest BCUT2D eigenvalue weighted by Crippen LogP contribution is 2.27. The van der Waals surface area contributed by atoms with Gasteiger partial charge in [-0.15, -0.1) is 0 Å². The zero-order valence-corrected chi connectivity index (χ0v) is 12.6. The zero-order valence-electron chi connectivity index (χ0n) is 11.8. The van der Waals surface area contributed by atoms with E-state index in [1.54, 1.807) is 24.3 Å². The predicted octanol–water partition coefficient (Wildman–Crippen LogP) is 2.37. The molecule has 0 aliphatic heterocycles. The number of amides is 1. The van der Waals surface area contributed by atoms with Crippen LogP contribution < -0.4 is 11.1 Å². The second kappa shape index (κ2) is 5.57. The lowest BCUT2D eigenvalue weighted by Gasteiger charge is -2.10. The van der Waals surface area contributed by atoms with Gasteiger partial charge >= 0.3 is 0 Å². The molecular weight excluding hydrogens is 288 g/mol. The molecule has 1 amide bonds. The number of nitrogens with one attached hydrogen (secondary N) is 1. The molecule has 0 aliphatic rings. The Hall–Kier alpha value is -2.34. The molecule has 0 unspecified atom stereocenters. The monoisotopic (exact) mass is 304 g/mol. The van der Waals surface area contributed by atoms with Crippen LogP contribution in [0.25, 0.3) is 0 Å². The topological polar surface area (TPSA) is 89.3 Å². The number of hydrogen-bond acceptors (Lipinski definition) is 4. The van der Waals surface area contributed by atoms with Crippen LogP contribution in [0.3, 0.4) is 0 Å². The summed E-state index contributed by atoms with van der Waals surface area (Å²) in [5.41, 5.74) is 7.31. The van der Waals surface area contributed by atoms with Crippen LogP contribution in [-0.4, -0.2) is 14.3 Å². The Balaban J connectivity index is 2.50. The van der Waals surface area contributed by atoms with Crippen LogP contribution in [-0.2, 0) is 14.6 Å². The van der Waals surface area contributed by atoms with Crippen molar-refractivity contribution in [2.24, 2.45) is 0 Å². The first-order valence-corrected chi connectivity index (χ1v) is 7.78. The molecule has 2 aromatic carbocycles. The maximum absolute atomic E-state index is 12.5. The number of sulfone groups is 1. The number of carbonyl (C=O) groups is 1. The first kappa shape index (κ1) is 15.1. The molecule has 0 spiro atoms. The summed E-state index contributed by atoms with van der Waals surface area (Å²) < 4.78 is 25.1. The van der Waals surface area contributed by atoms with Gasteiger partial charge < -0.3 is 11.1 Å². The van der Waals surface area contributed by atoms with Crippen molar-refractivity contribution in [2.45, 2.75) is 23.6 Å². The van der Waals surface area contributed by atoms with Crippen LogP contribution in [0.5, 0.6) is 0 Å². The lowest BCUT2D eigenvalue weighted by molar-refractivity contribution is -0.114. The van der Waals surface area contributed by atoms with E-state index < -0.39 is 9.84 Å². The van der Waals surface area contributed by atoms with Gasteiger partial charge in [0, 0.05) is 6.92 Å². The molecule has 0 radical (unpaired) electrons. The quantitative estimate of drug-likeness (QED) is 0.852. The van der Waals surface area contributed by atoms with Gasteiger partial charge in [0.25, 0.3) is 0 Å². The van der Waals surface area contributed by atoms with Crippen molar-refractivity contribution in [1.82, 2.24) is 0 Å². The minimum absolute atomic E-state index is 0.0873. The van der Waals surface area contributed by atoms with Gasteiger partial charge in [0.15, 0.2) is 0 Å². The standard InChI is InChI=1S/C15H16N2O3S/c1-10-3-5-12(6-4-10)21(19,20)13-7-8-14(16)15(9-13)17-11(2)18/h3-9H,16H2,1-2H3,(H,17,18). The van der Waals surface area contributed by atoms with Gasteiger partial charge in [0.1, 0.15) is 0 Å². The molecule has 5 nitrogen and oxygen atoms in total. The number of hydrogen-bond donors (Lipinski definition) is 2. The van der Waals surface area contributed by atoms with Crippen molar-refractivity contribution in [3.05, 3.63) is 48.0 Å². The number of anilines is 2. The minimum Gasteiger partial charge on any atom is -0.397 e. The fourth-order valence-corrected chi connectivity index (χ4v) is 3.14. The number of rotatable bonds is 3. The summed E-state index contributed by atoms with van der Waals surface area (Å²) in [7, 11) is -3.64. The van der Waals surface area contributed by atoms with E-state index in [0.29, 0.717) is 5.69 Å². The van der Waals surface area contributed by atoms with Crippen molar-refractivity contribution >= 4 is 27.1 Å². The first-order valence-electron chi connectivity index (χ1n) is 6.29. The first-order chi connectivity index (χ1) is 9.80. The van der Waals surface area contributed by atoms with Crippen molar-refractivity contribution in [3.63, 3.8) is 0 Å². The van der Waals surface area contributed by atoms with E-state index in [1.807, 2.05) is 6.92 Å². The Morgan fingerprint density at radius 2 is 1.62 bits per heavy atom. The molecule has 0 atom stereocenters. The summed E-state index contributed by atoms with van der Waals surface area (Å²) in [5, 5.41) is 2.52. The fourth-order valence-electron chi connectivity index (χ4n) is 1.85. The van der Waals surface area contributed by atoms with Crippen molar-refractivity contribution in [3.8, 4) is 0 Å². The van der Waals surface area contributed by atoms with E-state index in [2.05, 4.69) is 5.32 Å². The molecule has 0 aliphatic carbocycles. The molecule has 6 heteroatoms. The van der Waals surface area contributed by atoms with Crippen LogP contribution in [0.15, 0.2) is 52.3 Å². The van der Waals surface area contributed by atoms with Crippen molar-refractivity contribution in [1.29, 1.82) is 0 Å². The molecule has 0 saturated heterocycles. The predicted molar refractivity (Wildman–Crippen MR) is 81.8 cm³/mol. The SMILES string of the molecule is CC(=O)Nc1cc(S(=O)(=O)c2ccc(C)cc2)ccc1N. The summed E-state index contributed by atoms with van der Waals surface area (Å²) in [6.45, 7) is 3.22. The lowest BCUT2D eigenvalue weighted by atomic mass is 10.2. The van der Waals surface area contributed by atoms with Gasteiger partial charge in [-0.3, -0.25) is 4.79 Å². The van der Waals surface area contributed by atoms with Gasteiger partial charge in [0.2, 0.25) is 15.7 Å². The van der Waals surface area contributed by atoms with Crippen molar-refractivity contribution < 1.29 is 13.2 Å². The highest BCUT2D eigenvalue weighted by atomic mass is 32.2. The van der Waals surface area contributed by atoms with E-state index in [0.717, 1.165) is 5.56 Å². The summed E-state index contributed by atoms with van der Waals surface area (Å²) in [5.74, 6) is -0.313. The fraction of sp³-hybridized carbons (Fsp3) is 0.133. The van der Waals surface area contributed by atoms with E-state index in [-0.39, 0.29) is 21.4 Å². The second-order valence-electron chi connectivity index (χ2n) is 4.75. The second-order valence-corrected chi connectivity index (χ2v) is 6.70. The molecule has 0 bridgehead atoms. The third-order valence-electron chi connectivity index (χ3n) is 2.98. The number of nitrogens with two attached hydrogens (primary N) is 1. The van der Waals surface area contributed by atoms with Crippen LogP contribution >= 0.6 is 0 Å². The Morgan fingerprint density at radius 1 is 1.05 bits per heavy atom. The highest BCUT2D eigenvalue weighted by molar-refractivity contribution is 7.91.